The van der Waals surface area contributed by atoms with E-state index in [-0.39, 0.29) is 0 Å². The van der Waals surface area contributed by atoms with Crippen molar-refractivity contribution in [1.82, 2.24) is 0 Å². The highest BCUT2D eigenvalue weighted by molar-refractivity contribution is 5.68. The van der Waals surface area contributed by atoms with E-state index in [1.54, 1.807) is 19.6 Å². The van der Waals surface area contributed by atoms with Crippen LogP contribution in [0.15, 0.2) is 41.2 Å². The van der Waals surface area contributed by atoms with Gasteiger partial charge in [-0.25, -0.2) is 0 Å². The molecule has 3 N–H and O–H groups in total. The van der Waals surface area contributed by atoms with Crippen molar-refractivity contribution >= 4 is 11.4 Å². The Bertz CT molecular complexity index is 452. The number of ether oxygens (including phenoxy) is 1. The molecule has 0 spiro atoms. The fourth-order valence-electron chi connectivity index (χ4n) is 1.41. The molecule has 0 bridgehead atoms. The van der Waals surface area contributed by atoms with E-state index in [1.165, 1.54) is 0 Å². The summed E-state index contributed by atoms with van der Waals surface area (Å²) < 4.78 is 10.1. The van der Waals surface area contributed by atoms with Gasteiger partial charge in [0.2, 0.25) is 0 Å². The Labute approximate surface area is 94.0 Å². The number of hydrogen-bond donors (Lipinski definition) is 2. The highest BCUT2D eigenvalue weighted by Crippen LogP contribution is 2.24. The van der Waals surface area contributed by atoms with E-state index in [9.17, 15) is 0 Å². The maximum Gasteiger partial charge on any atom is 0.121 e. The molecular formula is C12H14N2O2. The van der Waals surface area contributed by atoms with Crippen LogP contribution in [-0.2, 0) is 6.54 Å². The normalized spacial score (nSPS) is 10.1. The van der Waals surface area contributed by atoms with Gasteiger partial charge in [0.05, 0.1) is 31.0 Å². The van der Waals surface area contributed by atoms with Crippen LogP contribution >= 0.6 is 0 Å². The molecule has 0 aliphatic heterocycles. The summed E-state index contributed by atoms with van der Waals surface area (Å²) in [5, 5.41) is 3.23. The van der Waals surface area contributed by atoms with Gasteiger partial charge in [-0.3, -0.25) is 0 Å². The number of hydrogen-bond acceptors (Lipinski definition) is 4. The van der Waals surface area contributed by atoms with Crippen LogP contribution in [0.3, 0.4) is 0 Å². The molecule has 16 heavy (non-hydrogen) atoms. The van der Waals surface area contributed by atoms with Crippen molar-refractivity contribution in [2.75, 3.05) is 18.2 Å². The standard InChI is InChI=1S/C12H14N2O2/c1-15-10-2-3-11(13)12(6-10)14-7-9-4-5-16-8-9/h2-6,8,14H,7,13H2,1H3. The molecule has 0 aliphatic rings. The highest BCUT2D eigenvalue weighted by atomic mass is 16.5. The quantitative estimate of drug-likeness (QED) is 0.774. The first-order chi connectivity index (χ1) is 7.79. The summed E-state index contributed by atoms with van der Waals surface area (Å²) in [5.74, 6) is 0.781. The molecule has 0 fully saturated rings. The molecule has 0 saturated carbocycles. The van der Waals surface area contributed by atoms with Crippen molar-refractivity contribution < 1.29 is 9.15 Å². The van der Waals surface area contributed by atoms with Crippen LogP contribution in [0.1, 0.15) is 5.56 Å². The fraction of sp³-hybridized carbons (Fsp3) is 0.167. The van der Waals surface area contributed by atoms with Crippen LogP contribution in [0.2, 0.25) is 0 Å². The van der Waals surface area contributed by atoms with Crippen LogP contribution in [0.4, 0.5) is 11.4 Å². The van der Waals surface area contributed by atoms with Crippen molar-refractivity contribution in [3.8, 4) is 5.75 Å². The minimum atomic E-state index is 0.674. The number of methoxy groups -OCH3 is 1. The zero-order valence-corrected chi connectivity index (χ0v) is 9.07. The smallest absolute Gasteiger partial charge is 0.121 e. The van der Waals surface area contributed by atoms with Crippen molar-refractivity contribution in [3.63, 3.8) is 0 Å². The van der Waals surface area contributed by atoms with E-state index >= 15 is 0 Å². The molecule has 2 rings (SSSR count). The maximum atomic E-state index is 5.84. The van der Waals surface area contributed by atoms with Gasteiger partial charge in [-0.2, -0.15) is 0 Å². The van der Waals surface area contributed by atoms with Crippen LogP contribution in [0, 0.1) is 0 Å². The lowest BCUT2D eigenvalue weighted by molar-refractivity contribution is 0.415. The molecule has 2 aromatic rings. The summed E-state index contributed by atoms with van der Waals surface area (Å²) in [6, 6.07) is 7.42. The van der Waals surface area contributed by atoms with Crippen LogP contribution < -0.4 is 15.8 Å². The number of nitrogens with two attached hydrogens (primary N) is 1. The van der Waals surface area contributed by atoms with Gasteiger partial charge in [-0.15, -0.1) is 0 Å². The molecule has 0 saturated heterocycles. The summed E-state index contributed by atoms with van der Waals surface area (Å²) in [7, 11) is 1.63. The third-order valence-electron chi connectivity index (χ3n) is 2.32. The van der Waals surface area contributed by atoms with Gasteiger partial charge in [0, 0.05) is 18.2 Å². The molecule has 0 amide bonds. The number of rotatable bonds is 4. The first-order valence-electron chi connectivity index (χ1n) is 4.98. The average molecular weight is 218 g/mol. The largest absolute Gasteiger partial charge is 0.497 e. The Hall–Kier alpha value is -2.10. The van der Waals surface area contributed by atoms with Crippen LogP contribution in [0.5, 0.6) is 5.75 Å². The zero-order chi connectivity index (χ0) is 11.4. The van der Waals surface area contributed by atoms with Gasteiger partial charge < -0.3 is 20.2 Å². The first-order valence-corrected chi connectivity index (χ1v) is 4.98. The van der Waals surface area contributed by atoms with Gasteiger partial charge in [0.1, 0.15) is 5.75 Å². The summed E-state index contributed by atoms with van der Waals surface area (Å²) >= 11 is 0. The lowest BCUT2D eigenvalue weighted by atomic mass is 10.2. The van der Waals surface area contributed by atoms with E-state index in [2.05, 4.69) is 5.32 Å². The molecule has 0 radical (unpaired) electrons. The molecule has 84 valence electrons. The van der Waals surface area contributed by atoms with E-state index < -0.39 is 0 Å². The third-order valence-corrected chi connectivity index (χ3v) is 2.32. The first kappa shape index (κ1) is 10.4. The van der Waals surface area contributed by atoms with Gasteiger partial charge >= 0.3 is 0 Å². The Morgan fingerprint density at radius 2 is 2.25 bits per heavy atom. The predicted molar refractivity (Wildman–Crippen MR) is 63.4 cm³/mol. The van der Waals surface area contributed by atoms with E-state index in [0.29, 0.717) is 12.2 Å². The lowest BCUT2D eigenvalue weighted by Crippen LogP contribution is -2.01. The fourth-order valence-corrected chi connectivity index (χ4v) is 1.41. The Morgan fingerprint density at radius 1 is 1.38 bits per heavy atom. The monoisotopic (exact) mass is 218 g/mol. The average Bonchev–Trinajstić information content (AvgIpc) is 2.81. The molecule has 1 heterocycles. The third kappa shape index (κ3) is 2.28. The van der Waals surface area contributed by atoms with Crippen LogP contribution in [0.25, 0.3) is 0 Å². The molecular weight excluding hydrogens is 204 g/mol. The maximum absolute atomic E-state index is 5.84. The van der Waals surface area contributed by atoms with Gasteiger partial charge in [0.15, 0.2) is 0 Å². The molecule has 0 unspecified atom stereocenters. The zero-order valence-electron chi connectivity index (χ0n) is 9.07. The van der Waals surface area contributed by atoms with Gasteiger partial charge in [-0.05, 0) is 18.2 Å². The lowest BCUT2D eigenvalue weighted by Gasteiger charge is -2.09. The number of anilines is 2. The van der Waals surface area contributed by atoms with Crippen molar-refractivity contribution in [3.05, 3.63) is 42.4 Å². The van der Waals surface area contributed by atoms with Crippen molar-refractivity contribution in [1.29, 1.82) is 0 Å². The van der Waals surface area contributed by atoms with Crippen molar-refractivity contribution in [2.45, 2.75) is 6.54 Å². The van der Waals surface area contributed by atoms with Crippen LogP contribution in [-0.4, -0.2) is 7.11 Å². The minimum absolute atomic E-state index is 0.674. The van der Waals surface area contributed by atoms with E-state index in [0.717, 1.165) is 17.0 Å². The SMILES string of the molecule is COc1ccc(N)c(NCc2ccoc2)c1. The topological polar surface area (TPSA) is 60.4 Å². The highest BCUT2D eigenvalue weighted by Gasteiger charge is 2.01. The number of nitrogen functional groups attached to an aromatic ring is 1. The second-order valence-corrected chi connectivity index (χ2v) is 3.44. The Balaban J connectivity index is 2.08. The minimum Gasteiger partial charge on any atom is -0.497 e. The summed E-state index contributed by atoms with van der Waals surface area (Å²) in [6.45, 7) is 0.674. The Kier molecular flexibility index (Phi) is 3.00. The second kappa shape index (κ2) is 4.61. The van der Waals surface area contributed by atoms with Gasteiger partial charge in [0.25, 0.3) is 0 Å². The Morgan fingerprint density at radius 3 is 2.94 bits per heavy atom. The molecule has 4 nitrogen and oxygen atoms in total. The molecule has 1 aromatic carbocycles. The predicted octanol–water partition coefficient (Wildman–Crippen LogP) is 2.48. The summed E-state index contributed by atoms with van der Waals surface area (Å²) in [5.41, 5.74) is 8.47. The number of furan rings is 1. The van der Waals surface area contributed by atoms with E-state index in [4.69, 9.17) is 14.9 Å². The number of benzene rings is 1. The molecule has 0 atom stereocenters. The van der Waals surface area contributed by atoms with Gasteiger partial charge in [-0.1, -0.05) is 0 Å². The van der Waals surface area contributed by atoms with Crippen molar-refractivity contribution in [2.24, 2.45) is 0 Å². The molecule has 1 aromatic heterocycles. The molecule has 0 aliphatic carbocycles. The second-order valence-electron chi connectivity index (χ2n) is 3.44. The summed E-state index contributed by atoms with van der Waals surface area (Å²) in [6.07, 6.45) is 3.34. The van der Waals surface area contributed by atoms with E-state index in [1.807, 2.05) is 24.3 Å². The molecule has 4 heteroatoms. The summed E-state index contributed by atoms with van der Waals surface area (Å²) in [4.78, 5) is 0. The number of nitrogens with one attached hydrogen (secondary N) is 1.